The number of aliphatic hydroxyl groups is 1. The Morgan fingerprint density at radius 2 is 1.53 bits per heavy atom. The third-order valence-corrected chi connectivity index (χ3v) is 3.28. The van der Waals surface area contributed by atoms with Crippen molar-refractivity contribution in [2.24, 2.45) is 0 Å². The fourth-order valence-electron chi connectivity index (χ4n) is 1.73. The number of benzene rings is 2. The van der Waals surface area contributed by atoms with Gasteiger partial charge in [-0.25, -0.2) is 0 Å². The van der Waals surface area contributed by atoms with Gasteiger partial charge in [0.15, 0.2) is 0 Å². The van der Waals surface area contributed by atoms with Crippen molar-refractivity contribution in [3.63, 3.8) is 0 Å². The Labute approximate surface area is 111 Å². The van der Waals surface area contributed by atoms with E-state index in [-0.39, 0.29) is 0 Å². The third-order valence-electron chi connectivity index (χ3n) is 2.79. The fourth-order valence-corrected chi connectivity index (χ4v) is 2.05. The molecule has 0 bridgehead atoms. The molecule has 1 N–H and O–H groups in total. The maximum absolute atomic E-state index is 10.6. The van der Waals surface area contributed by atoms with Gasteiger partial charge >= 0.3 is 0 Å². The van der Waals surface area contributed by atoms with E-state index in [1.807, 2.05) is 24.3 Å². The van der Waals surface area contributed by atoms with Crippen molar-refractivity contribution in [3.8, 4) is 0 Å². The minimum Gasteiger partial charge on any atom is -0.381 e. The van der Waals surface area contributed by atoms with Gasteiger partial charge in [-0.2, -0.15) is 0 Å². The summed E-state index contributed by atoms with van der Waals surface area (Å²) in [6, 6.07) is 14.3. The molecule has 2 aromatic carbocycles. The summed E-state index contributed by atoms with van der Waals surface area (Å²) >= 11 is 11.8. The summed E-state index contributed by atoms with van der Waals surface area (Å²) in [5, 5.41) is 11.8. The zero-order chi connectivity index (χ0) is 12.5. The van der Waals surface area contributed by atoms with Gasteiger partial charge in [0.1, 0.15) is 5.60 Å². The number of hydrogen-bond acceptors (Lipinski definition) is 1. The monoisotopic (exact) mass is 266 g/mol. The molecule has 1 unspecified atom stereocenters. The zero-order valence-corrected chi connectivity index (χ0v) is 10.8. The van der Waals surface area contributed by atoms with Gasteiger partial charge in [-0.3, -0.25) is 0 Å². The Hall–Kier alpha value is -1.02. The van der Waals surface area contributed by atoms with E-state index in [1.54, 1.807) is 31.2 Å². The zero-order valence-electron chi connectivity index (χ0n) is 9.32. The summed E-state index contributed by atoms with van der Waals surface area (Å²) in [7, 11) is 0. The second kappa shape index (κ2) is 4.69. The van der Waals surface area contributed by atoms with E-state index in [9.17, 15) is 5.11 Å². The van der Waals surface area contributed by atoms with E-state index < -0.39 is 5.60 Å². The van der Waals surface area contributed by atoms with Crippen LogP contribution in [-0.2, 0) is 5.60 Å². The molecule has 0 aliphatic carbocycles. The number of halogens is 2. The SMILES string of the molecule is CC(O)(c1ccc(Cl)cc1)c1cccc(Cl)c1. The second-order valence-corrected chi connectivity index (χ2v) is 4.96. The molecule has 1 nitrogen and oxygen atoms in total. The van der Waals surface area contributed by atoms with Crippen molar-refractivity contribution in [2.45, 2.75) is 12.5 Å². The third kappa shape index (κ3) is 2.63. The predicted molar refractivity (Wildman–Crippen MR) is 71.6 cm³/mol. The van der Waals surface area contributed by atoms with Crippen molar-refractivity contribution in [1.82, 2.24) is 0 Å². The smallest absolute Gasteiger partial charge is 0.112 e. The van der Waals surface area contributed by atoms with Gasteiger partial charge < -0.3 is 5.11 Å². The quantitative estimate of drug-likeness (QED) is 0.862. The molecule has 3 heteroatoms. The molecule has 0 aliphatic heterocycles. The van der Waals surface area contributed by atoms with E-state index in [0.717, 1.165) is 11.1 Å². The molecule has 0 spiro atoms. The maximum Gasteiger partial charge on any atom is 0.112 e. The van der Waals surface area contributed by atoms with Gasteiger partial charge in [0.25, 0.3) is 0 Å². The van der Waals surface area contributed by atoms with Gasteiger partial charge in [-0.15, -0.1) is 0 Å². The van der Waals surface area contributed by atoms with Gasteiger partial charge in [0.2, 0.25) is 0 Å². The summed E-state index contributed by atoms with van der Waals surface area (Å²) in [6.07, 6.45) is 0. The lowest BCUT2D eigenvalue weighted by Crippen LogP contribution is -2.22. The van der Waals surface area contributed by atoms with Crippen molar-refractivity contribution in [2.75, 3.05) is 0 Å². The molecular formula is C14H12Cl2O. The predicted octanol–water partition coefficient (Wildman–Crippen LogP) is 4.25. The van der Waals surface area contributed by atoms with Gasteiger partial charge in [-0.05, 0) is 42.3 Å². The van der Waals surface area contributed by atoms with Crippen molar-refractivity contribution in [3.05, 3.63) is 69.7 Å². The van der Waals surface area contributed by atoms with Gasteiger partial charge in [0, 0.05) is 10.0 Å². The van der Waals surface area contributed by atoms with Crippen LogP contribution in [0.4, 0.5) is 0 Å². The first-order valence-electron chi connectivity index (χ1n) is 5.24. The highest BCUT2D eigenvalue weighted by Crippen LogP contribution is 2.31. The van der Waals surface area contributed by atoms with Crippen LogP contribution < -0.4 is 0 Å². The van der Waals surface area contributed by atoms with Crippen LogP contribution in [0.5, 0.6) is 0 Å². The Morgan fingerprint density at radius 1 is 0.882 bits per heavy atom. The average molecular weight is 267 g/mol. The number of hydrogen-bond donors (Lipinski definition) is 1. The Kier molecular flexibility index (Phi) is 3.43. The normalized spacial score (nSPS) is 14.4. The van der Waals surface area contributed by atoms with E-state index >= 15 is 0 Å². The molecule has 2 aromatic rings. The molecule has 0 radical (unpaired) electrons. The van der Waals surface area contributed by atoms with E-state index in [0.29, 0.717) is 10.0 Å². The molecule has 0 amide bonds. The van der Waals surface area contributed by atoms with Crippen molar-refractivity contribution < 1.29 is 5.11 Å². The summed E-state index contributed by atoms with van der Waals surface area (Å²) in [6.45, 7) is 1.74. The highest BCUT2D eigenvalue weighted by molar-refractivity contribution is 6.30. The van der Waals surface area contributed by atoms with Crippen molar-refractivity contribution >= 4 is 23.2 Å². The molecule has 0 saturated heterocycles. The summed E-state index contributed by atoms with van der Waals surface area (Å²) < 4.78 is 0. The molecule has 88 valence electrons. The van der Waals surface area contributed by atoms with Crippen LogP contribution in [0.2, 0.25) is 10.0 Å². The first-order chi connectivity index (χ1) is 8.00. The molecule has 17 heavy (non-hydrogen) atoms. The molecule has 0 aromatic heterocycles. The first-order valence-corrected chi connectivity index (χ1v) is 6.00. The van der Waals surface area contributed by atoms with Crippen LogP contribution in [0, 0.1) is 0 Å². The van der Waals surface area contributed by atoms with E-state index in [2.05, 4.69) is 0 Å². The van der Waals surface area contributed by atoms with Crippen LogP contribution in [0.15, 0.2) is 48.5 Å². The highest BCUT2D eigenvalue weighted by Gasteiger charge is 2.25. The van der Waals surface area contributed by atoms with Crippen LogP contribution in [0.1, 0.15) is 18.1 Å². The highest BCUT2D eigenvalue weighted by atomic mass is 35.5. The molecule has 0 saturated carbocycles. The molecule has 0 aliphatic rings. The molecule has 1 atom stereocenters. The molecule has 0 heterocycles. The van der Waals surface area contributed by atoms with Gasteiger partial charge in [0.05, 0.1) is 0 Å². The van der Waals surface area contributed by atoms with E-state index in [4.69, 9.17) is 23.2 Å². The van der Waals surface area contributed by atoms with Gasteiger partial charge in [-0.1, -0.05) is 47.5 Å². The van der Waals surface area contributed by atoms with Crippen molar-refractivity contribution in [1.29, 1.82) is 0 Å². The van der Waals surface area contributed by atoms with E-state index in [1.165, 1.54) is 0 Å². The van der Waals surface area contributed by atoms with Crippen LogP contribution in [0.3, 0.4) is 0 Å². The topological polar surface area (TPSA) is 20.2 Å². The molecule has 2 rings (SSSR count). The lowest BCUT2D eigenvalue weighted by atomic mass is 9.88. The lowest BCUT2D eigenvalue weighted by Gasteiger charge is -2.24. The minimum absolute atomic E-state index is 0.608. The summed E-state index contributed by atoms with van der Waals surface area (Å²) in [4.78, 5) is 0. The van der Waals surface area contributed by atoms with Crippen LogP contribution >= 0.6 is 23.2 Å². The average Bonchev–Trinajstić information content (AvgIpc) is 2.29. The Balaban J connectivity index is 2.45. The fraction of sp³-hybridized carbons (Fsp3) is 0.143. The summed E-state index contributed by atoms with van der Waals surface area (Å²) in [5.74, 6) is 0. The Morgan fingerprint density at radius 3 is 2.12 bits per heavy atom. The summed E-state index contributed by atoms with van der Waals surface area (Å²) in [5.41, 5.74) is 0.464. The molecular weight excluding hydrogens is 255 g/mol. The Bertz CT molecular complexity index is 518. The second-order valence-electron chi connectivity index (χ2n) is 4.09. The largest absolute Gasteiger partial charge is 0.381 e. The maximum atomic E-state index is 10.6. The minimum atomic E-state index is -1.07. The lowest BCUT2D eigenvalue weighted by molar-refractivity contribution is 0.102. The van der Waals surface area contributed by atoms with Crippen LogP contribution in [-0.4, -0.2) is 5.11 Å². The number of rotatable bonds is 2. The first kappa shape index (κ1) is 12.4. The molecule has 0 fully saturated rings. The standard InChI is InChI=1S/C14H12Cl2O/c1-14(17,10-5-7-12(15)8-6-10)11-3-2-4-13(16)9-11/h2-9,17H,1H3. The van der Waals surface area contributed by atoms with Crippen LogP contribution in [0.25, 0.3) is 0 Å².